The number of anilines is 1. The van der Waals surface area contributed by atoms with Crippen LogP contribution in [0.1, 0.15) is 44.0 Å². The fourth-order valence-electron chi connectivity index (χ4n) is 1.78. The highest BCUT2D eigenvalue weighted by molar-refractivity contribution is 5.89. The molecule has 0 aliphatic carbocycles. The lowest BCUT2D eigenvalue weighted by molar-refractivity contribution is 0.0526. The molecule has 0 spiro atoms. The molecule has 0 saturated carbocycles. The minimum Gasteiger partial charge on any atom is -0.462 e. The van der Waals surface area contributed by atoms with E-state index in [1.54, 1.807) is 12.1 Å². The molecule has 0 atom stereocenters. The van der Waals surface area contributed by atoms with Crippen LogP contribution in [0.15, 0.2) is 24.3 Å². The van der Waals surface area contributed by atoms with Gasteiger partial charge >= 0.3 is 5.97 Å². The van der Waals surface area contributed by atoms with Crippen LogP contribution >= 0.6 is 0 Å². The number of carbonyl (C=O) groups is 1. The molecule has 1 aromatic carbocycles. The van der Waals surface area contributed by atoms with Gasteiger partial charge in [-0.2, -0.15) is 0 Å². The van der Waals surface area contributed by atoms with Gasteiger partial charge in [0.05, 0.1) is 12.2 Å². The van der Waals surface area contributed by atoms with E-state index in [1.807, 2.05) is 19.1 Å². The standard InChI is InChI=1S/C15H23NO2/c1-4-12(5-2)11-16-14-9-7-13(8-10-14)15(17)18-6-3/h7-10,12,16H,4-6,11H2,1-3H3. The van der Waals surface area contributed by atoms with Crippen molar-refractivity contribution >= 4 is 11.7 Å². The van der Waals surface area contributed by atoms with Crippen LogP contribution in [0.2, 0.25) is 0 Å². The van der Waals surface area contributed by atoms with Crippen molar-refractivity contribution in [3.05, 3.63) is 29.8 Å². The van der Waals surface area contributed by atoms with E-state index in [2.05, 4.69) is 19.2 Å². The van der Waals surface area contributed by atoms with Crippen LogP contribution < -0.4 is 5.32 Å². The Balaban J connectivity index is 2.52. The van der Waals surface area contributed by atoms with E-state index in [9.17, 15) is 4.79 Å². The Morgan fingerprint density at radius 1 is 1.17 bits per heavy atom. The quantitative estimate of drug-likeness (QED) is 0.749. The summed E-state index contributed by atoms with van der Waals surface area (Å²) in [4.78, 5) is 11.5. The minimum atomic E-state index is -0.260. The predicted octanol–water partition coefficient (Wildman–Crippen LogP) is 3.71. The van der Waals surface area contributed by atoms with Crippen LogP contribution in [0.3, 0.4) is 0 Å². The van der Waals surface area contributed by atoms with Gasteiger partial charge in [-0.25, -0.2) is 4.79 Å². The third kappa shape index (κ3) is 4.40. The molecule has 0 saturated heterocycles. The van der Waals surface area contributed by atoms with Crippen LogP contribution in [-0.2, 0) is 4.74 Å². The first-order chi connectivity index (χ1) is 8.71. The monoisotopic (exact) mass is 249 g/mol. The van der Waals surface area contributed by atoms with Crippen molar-refractivity contribution in [1.29, 1.82) is 0 Å². The lowest BCUT2D eigenvalue weighted by atomic mass is 10.0. The molecular weight excluding hydrogens is 226 g/mol. The summed E-state index contributed by atoms with van der Waals surface area (Å²) in [6, 6.07) is 7.45. The second-order valence-corrected chi connectivity index (χ2v) is 4.36. The Morgan fingerprint density at radius 2 is 1.78 bits per heavy atom. The maximum absolute atomic E-state index is 11.5. The number of esters is 1. The predicted molar refractivity (Wildman–Crippen MR) is 75.0 cm³/mol. The number of hydrogen-bond acceptors (Lipinski definition) is 3. The van der Waals surface area contributed by atoms with E-state index < -0.39 is 0 Å². The fraction of sp³-hybridized carbons (Fsp3) is 0.533. The molecule has 100 valence electrons. The Hall–Kier alpha value is -1.51. The molecule has 3 heteroatoms. The molecule has 0 amide bonds. The highest BCUT2D eigenvalue weighted by Gasteiger charge is 2.06. The van der Waals surface area contributed by atoms with Crippen LogP contribution in [0, 0.1) is 5.92 Å². The van der Waals surface area contributed by atoms with Crippen LogP contribution in [0.5, 0.6) is 0 Å². The van der Waals surface area contributed by atoms with Gasteiger partial charge in [-0.1, -0.05) is 26.7 Å². The Bertz CT molecular complexity index is 355. The van der Waals surface area contributed by atoms with Crippen LogP contribution in [0.25, 0.3) is 0 Å². The normalized spacial score (nSPS) is 10.4. The van der Waals surface area contributed by atoms with Gasteiger partial charge in [0.25, 0.3) is 0 Å². The first-order valence-corrected chi connectivity index (χ1v) is 6.72. The lowest BCUT2D eigenvalue weighted by Gasteiger charge is -2.14. The summed E-state index contributed by atoms with van der Waals surface area (Å²) < 4.78 is 4.94. The summed E-state index contributed by atoms with van der Waals surface area (Å²) in [7, 11) is 0. The molecule has 0 aliphatic heterocycles. The average Bonchev–Trinajstić information content (AvgIpc) is 2.41. The van der Waals surface area contributed by atoms with E-state index >= 15 is 0 Å². The third-order valence-electron chi connectivity index (χ3n) is 3.15. The van der Waals surface area contributed by atoms with Crippen molar-refractivity contribution in [1.82, 2.24) is 0 Å². The second-order valence-electron chi connectivity index (χ2n) is 4.36. The molecule has 1 aromatic rings. The highest BCUT2D eigenvalue weighted by atomic mass is 16.5. The number of hydrogen-bond donors (Lipinski definition) is 1. The average molecular weight is 249 g/mol. The fourth-order valence-corrected chi connectivity index (χ4v) is 1.78. The molecule has 0 fully saturated rings. The van der Waals surface area contributed by atoms with E-state index in [4.69, 9.17) is 4.74 Å². The second kappa shape index (κ2) is 7.75. The smallest absolute Gasteiger partial charge is 0.338 e. The summed E-state index contributed by atoms with van der Waals surface area (Å²) in [5.41, 5.74) is 1.65. The molecule has 0 aliphatic rings. The number of carbonyl (C=O) groups excluding carboxylic acids is 1. The SMILES string of the molecule is CCOC(=O)c1ccc(NCC(CC)CC)cc1. The van der Waals surface area contributed by atoms with Gasteiger partial charge in [-0.15, -0.1) is 0 Å². The van der Waals surface area contributed by atoms with Crippen LogP contribution in [0.4, 0.5) is 5.69 Å². The molecule has 3 nitrogen and oxygen atoms in total. The number of nitrogens with one attached hydrogen (secondary N) is 1. The van der Waals surface area contributed by atoms with Crippen LogP contribution in [-0.4, -0.2) is 19.1 Å². The first kappa shape index (κ1) is 14.6. The van der Waals surface area contributed by atoms with Gasteiger partial charge in [0.1, 0.15) is 0 Å². The molecule has 0 radical (unpaired) electrons. The Morgan fingerprint density at radius 3 is 2.28 bits per heavy atom. The van der Waals surface area contributed by atoms with Gasteiger partial charge in [-0.05, 0) is 37.1 Å². The maximum Gasteiger partial charge on any atom is 0.338 e. The van der Waals surface area contributed by atoms with Gasteiger partial charge in [0.15, 0.2) is 0 Å². The van der Waals surface area contributed by atoms with E-state index in [-0.39, 0.29) is 5.97 Å². The molecule has 1 rings (SSSR count). The Labute approximate surface area is 110 Å². The van der Waals surface area contributed by atoms with Crippen molar-refractivity contribution in [3.8, 4) is 0 Å². The van der Waals surface area contributed by atoms with E-state index in [1.165, 1.54) is 12.8 Å². The van der Waals surface area contributed by atoms with Gasteiger partial charge in [0, 0.05) is 12.2 Å². The zero-order valence-corrected chi connectivity index (χ0v) is 11.5. The van der Waals surface area contributed by atoms with Crippen molar-refractivity contribution in [2.24, 2.45) is 5.92 Å². The van der Waals surface area contributed by atoms with E-state index in [0.717, 1.165) is 12.2 Å². The largest absolute Gasteiger partial charge is 0.462 e. The van der Waals surface area contributed by atoms with E-state index in [0.29, 0.717) is 18.1 Å². The van der Waals surface area contributed by atoms with Gasteiger partial charge in [0.2, 0.25) is 0 Å². The Kier molecular flexibility index (Phi) is 6.26. The molecular formula is C15H23NO2. The van der Waals surface area contributed by atoms with Crippen molar-refractivity contribution in [2.75, 3.05) is 18.5 Å². The zero-order chi connectivity index (χ0) is 13.4. The van der Waals surface area contributed by atoms with Crippen molar-refractivity contribution in [2.45, 2.75) is 33.6 Å². The maximum atomic E-state index is 11.5. The summed E-state index contributed by atoms with van der Waals surface area (Å²) in [5, 5.41) is 3.39. The third-order valence-corrected chi connectivity index (χ3v) is 3.15. The van der Waals surface area contributed by atoms with Crippen molar-refractivity contribution < 1.29 is 9.53 Å². The highest BCUT2D eigenvalue weighted by Crippen LogP contribution is 2.13. The number of ether oxygens (including phenoxy) is 1. The molecule has 18 heavy (non-hydrogen) atoms. The number of benzene rings is 1. The topological polar surface area (TPSA) is 38.3 Å². The molecule has 0 unspecified atom stereocenters. The van der Waals surface area contributed by atoms with Crippen molar-refractivity contribution in [3.63, 3.8) is 0 Å². The van der Waals surface area contributed by atoms with Gasteiger partial charge in [-0.3, -0.25) is 0 Å². The lowest BCUT2D eigenvalue weighted by Crippen LogP contribution is -2.12. The minimum absolute atomic E-state index is 0.260. The summed E-state index contributed by atoms with van der Waals surface area (Å²) in [5.74, 6) is 0.443. The van der Waals surface area contributed by atoms with Gasteiger partial charge < -0.3 is 10.1 Å². The summed E-state index contributed by atoms with van der Waals surface area (Å²) in [6.45, 7) is 7.61. The number of rotatable bonds is 7. The summed E-state index contributed by atoms with van der Waals surface area (Å²) >= 11 is 0. The zero-order valence-electron chi connectivity index (χ0n) is 11.5. The molecule has 0 heterocycles. The molecule has 0 bridgehead atoms. The molecule has 1 N–H and O–H groups in total. The first-order valence-electron chi connectivity index (χ1n) is 6.72. The summed E-state index contributed by atoms with van der Waals surface area (Å²) in [6.07, 6.45) is 2.37. The molecule has 0 aromatic heterocycles.